The van der Waals surface area contributed by atoms with Crippen LogP contribution in [0.1, 0.15) is 20.3 Å². The highest BCUT2D eigenvalue weighted by atomic mass is 79.9. The first-order chi connectivity index (χ1) is 7.20. The van der Waals surface area contributed by atoms with Gasteiger partial charge in [0.1, 0.15) is 0 Å². The second-order valence-corrected chi connectivity index (χ2v) is 5.10. The molecule has 4 heteroatoms. The number of rotatable bonds is 5. The molecule has 0 aliphatic rings. The van der Waals surface area contributed by atoms with Crippen LogP contribution in [-0.4, -0.2) is 12.4 Å². The molecule has 1 aromatic carbocycles. The topological polar surface area (TPSA) is 9.23 Å². The fourth-order valence-electron chi connectivity index (χ4n) is 1.11. The summed E-state index contributed by atoms with van der Waals surface area (Å²) in [6.07, 6.45) is 0.881. The predicted octanol–water partition coefficient (Wildman–Crippen LogP) is 4.49. The second kappa shape index (κ2) is 6.38. The zero-order valence-corrected chi connectivity index (χ0v) is 11.3. The number of benzene rings is 1. The minimum atomic E-state index is -0.260. The van der Waals surface area contributed by atoms with Gasteiger partial charge in [-0.25, -0.2) is 4.39 Å². The SMILES string of the molecule is CCCOc1ccc(Br)c(SCC)c1F. The lowest BCUT2D eigenvalue weighted by Crippen LogP contribution is -1.98. The maximum absolute atomic E-state index is 13.9. The van der Waals surface area contributed by atoms with Gasteiger partial charge in [-0.2, -0.15) is 0 Å². The number of ether oxygens (including phenoxy) is 1. The Hall–Kier alpha value is -0.220. The first-order valence-electron chi connectivity index (χ1n) is 4.94. The molecular weight excluding hydrogens is 279 g/mol. The number of hydrogen-bond acceptors (Lipinski definition) is 2. The molecule has 15 heavy (non-hydrogen) atoms. The van der Waals surface area contributed by atoms with Crippen LogP contribution in [0.4, 0.5) is 4.39 Å². The minimum absolute atomic E-state index is 0.260. The van der Waals surface area contributed by atoms with Crippen molar-refractivity contribution in [3.63, 3.8) is 0 Å². The van der Waals surface area contributed by atoms with E-state index in [4.69, 9.17) is 4.74 Å². The lowest BCUT2D eigenvalue weighted by Gasteiger charge is -2.10. The molecule has 0 saturated heterocycles. The van der Waals surface area contributed by atoms with Gasteiger partial charge >= 0.3 is 0 Å². The lowest BCUT2D eigenvalue weighted by molar-refractivity contribution is 0.298. The van der Waals surface area contributed by atoms with Crippen LogP contribution in [0.15, 0.2) is 21.5 Å². The Morgan fingerprint density at radius 2 is 2.13 bits per heavy atom. The van der Waals surface area contributed by atoms with Crippen molar-refractivity contribution in [2.24, 2.45) is 0 Å². The lowest BCUT2D eigenvalue weighted by atomic mass is 10.3. The van der Waals surface area contributed by atoms with Crippen molar-refractivity contribution in [3.8, 4) is 5.75 Å². The molecule has 84 valence electrons. The third-order valence-corrected chi connectivity index (χ3v) is 3.66. The first-order valence-corrected chi connectivity index (χ1v) is 6.72. The highest BCUT2D eigenvalue weighted by Crippen LogP contribution is 2.35. The van der Waals surface area contributed by atoms with Gasteiger partial charge in [0.2, 0.25) is 0 Å². The zero-order valence-electron chi connectivity index (χ0n) is 8.85. The highest BCUT2D eigenvalue weighted by Gasteiger charge is 2.12. The van der Waals surface area contributed by atoms with Crippen molar-refractivity contribution in [2.75, 3.05) is 12.4 Å². The van der Waals surface area contributed by atoms with E-state index in [1.54, 1.807) is 6.07 Å². The van der Waals surface area contributed by atoms with Crippen LogP contribution in [0, 0.1) is 5.82 Å². The van der Waals surface area contributed by atoms with E-state index in [9.17, 15) is 4.39 Å². The smallest absolute Gasteiger partial charge is 0.179 e. The van der Waals surface area contributed by atoms with Gasteiger partial charge in [0.25, 0.3) is 0 Å². The van der Waals surface area contributed by atoms with Crippen LogP contribution < -0.4 is 4.74 Å². The predicted molar refractivity (Wildman–Crippen MR) is 66.3 cm³/mol. The van der Waals surface area contributed by atoms with Crippen LogP contribution in [0.5, 0.6) is 5.75 Å². The maximum Gasteiger partial charge on any atom is 0.179 e. The Labute approximate surface area is 103 Å². The molecule has 0 unspecified atom stereocenters. The van der Waals surface area contributed by atoms with Gasteiger partial charge in [-0.15, -0.1) is 11.8 Å². The molecular formula is C11H14BrFOS. The first kappa shape index (κ1) is 12.8. The molecule has 1 nitrogen and oxygen atoms in total. The summed E-state index contributed by atoms with van der Waals surface area (Å²) in [6, 6.07) is 3.49. The highest BCUT2D eigenvalue weighted by molar-refractivity contribution is 9.10. The quantitative estimate of drug-likeness (QED) is 0.740. The van der Waals surface area contributed by atoms with E-state index in [1.807, 2.05) is 19.9 Å². The monoisotopic (exact) mass is 292 g/mol. The molecule has 0 aliphatic heterocycles. The largest absolute Gasteiger partial charge is 0.490 e. The maximum atomic E-state index is 13.9. The van der Waals surface area contributed by atoms with E-state index in [-0.39, 0.29) is 5.82 Å². The van der Waals surface area contributed by atoms with Gasteiger partial charge in [-0.1, -0.05) is 13.8 Å². The van der Waals surface area contributed by atoms with Gasteiger partial charge in [-0.3, -0.25) is 0 Å². The van der Waals surface area contributed by atoms with Crippen molar-refractivity contribution < 1.29 is 9.13 Å². The van der Waals surface area contributed by atoms with Crippen LogP contribution in [0.25, 0.3) is 0 Å². The van der Waals surface area contributed by atoms with E-state index in [0.717, 1.165) is 16.6 Å². The van der Waals surface area contributed by atoms with Crippen LogP contribution >= 0.6 is 27.7 Å². The second-order valence-electron chi connectivity index (χ2n) is 2.97. The van der Waals surface area contributed by atoms with Gasteiger partial charge in [0, 0.05) is 4.47 Å². The summed E-state index contributed by atoms with van der Waals surface area (Å²) >= 11 is 4.81. The van der Waals surface area contributed by atoms with Gasteiger partial charge in [0.05, 0.1) is 11.5 Å². The number of thioether (sulfide) groups is 1. The molecule has 0 atom stereocenters. The summed E-state index contributed by atoms with van der Waals surface area (Å²) < 4.78 is 20.0. The van der Waals surface area contributed by atoms with Gasteiger partial charge in [-0.05, 0) is 40.2 Å². The van der Waals surface area contributed by atoms with Crippen LogP contribution in [0.2, 0.25) is 0 Å². The summed E-state index contributed by atoms with van der Waals surface area (Å²) in [5, 5.41) is 0. The Kier molecular flexibility index (Phi) is 5.47. The molecule has 0 aliphatic carbocycles. The minimum Gasteiger partial charge on any atom is -0.490 e. The molecule has 1 aromatic rings. The summed E-state index contributed by atoms with van der Waals surface area (Å²) in [4.78, 5) is 0.631. The zero-order chi connectivity index (χ0) is 11.3. The summed E-state index contributed by atoms with van der Waals surface area (Å²) in [7, 11) is 0. The Bertz CT molecular complexity index is 331. The van der Waals surface area contributed by atoms with E-state index >= 15 is 0 Å². The molecule has 0 saturated carbocycles. The Morgan fingerprint density at radius 3 is 2.73 bits per heavy atom. The average Bonchev–Trinajstić information content (AvgIpc) is 2.23. The van der Waals surface area contributed by atoms with Crippen molar-refractivity contribution in [1.29, 1.82) is 0 Å². The Balaban J connectivity index is 2.94. The van der Waals surface area contributed by atoms with Crippen molar-refractivity contribution in [3.05, 3.63) is 22.4 Å². The van der Waals surface area contributed by atoms with Crippen LogP contribution in [-0.2, 0) is 0 Å². The van der Waals surface area contributed by atoms with Crippen LogP contribution in [0.3, 0.4) is 0 Å². The van der Waals surface area contributed by atoms with E-state index in [1.165, 1.54) is 11.8 Å². The number of hydrogen-bond donors (Lipinski definition) is 0. The standard InChI is InChI=1S/C11H14BrFOS/c1-3-7-14-9-6-5-8(12)11(10(9)13)15-4-2/h5-6H,3-4,7H2,1-2H3. The summed E-state index contributed by atoms with van der Waals surface area (Å²) in [5.41, 5.74) is 0. The van der Waals surface area contributed by atoms with E-state index in [0.29, 0.717) is 17.3 Å². The molecule has 1 rings (SSSR count). The number of halogens is 2. The third-order valence-electron chi connectivity index (χ3n) is 1.76. The van der Waals surface area contributed by atoms with Crippen molar-refractivity contribution in [2.45, 2.75) is 25.2 Å². The summed E-state index contributed by atoms with van der Waals surface area (Å²) in [5.74, 6) is 0.924. The molecule has 0 aromatic heterocycles. The normalized spacial score (nSPS) is 10.4. The van der Waals surface area contributed by atoms with Gasteiger partial charge < -0.3 is 4.74 Å². The molecule has 0 heterocycles. The fraction of sp³-hybridized carbons (Fsp3) is 0.455. The van der Waals surface area contributed by atoms with Crippen molar-refractivity contribution in [1.82, 2.24) is 0 Å². The summed E-state index contributed by atoms with van der Waals surface area (Å²) in [6.45, 7) is 4.55. The third kappa shape index (κ3) is 3.38. The molecule has 0 N–H and O–H groups in total. The Morgan fingerprint density at radius 1 is 1.40 bits per heavy atom. The molecule has 0 fully saturated rings. The van der Waals surface area contributed by atoms with E-state index < -0.39 is 0 Å². The molecule has 0 radical (unpaired) electrons. The van der Waals surface area contributed by atoms with Gasteiger partial charge in [0.15, 0.2) is 11.6 Å². The van der Waals surface area contributed by atoms with Crippen molar-refractivity contribution >= 4 is 27.7 Å². The molecule has 0 spiro atoms. The average molecular weight is 293 g/mol. The fourth-order valence-corrected chi connectivity index (χ4v) is 2.49. The van der Waals surface area contributed by atoms with E-state index in [2.05, 4.69) is 15.9 Å². The molecule has 0 bridgehead atoms. The molecule has 0 amide bonds.